The molecule has 0 saturated heterocycles. The number of aryl methyl sites for hydroxylation is 1. The van der Waals surface area contributed by atoms with E-state index < -0.39 is 0 Å². The van der Waals surface area contributed by atoms with E-state index in [4.69, 9.17) is 4.74 Å². The molecule has 0 fully saturated rings. The molecule has 2 aromatic rings. The topological polar surface area (TPSA) is 78.6 Å². The summed E-state index contributed by atoms with van der Waals surface area (Å²) in [7, 11) is 1.63. The molecule has 0 spiro atoms. The van der Waals surface area contributed by atoms with E-state index >= 15 is 0 Å². The Labute approximate surface area is 86.1 Å². The van der Waals surface area contributed by atoms with Crippen LogP contribution in [0.1, 0.15) is 11.3 Å². The Hall–Kier alpha value is -1.89. The van der Waals surface area contributed by atoms with Crippen LogP contribution in [0.5, 0.6) is 0 Å². The summed E-state index contributed by atoms with van der Waals surface area (Å²) >= 11 is 0. The molecule has 0 aliphatic rings. The molecule has 2 rings (SSSR count). The molecule has 15 heavy (non-hydrogen) atoms. The average Bonchev–Trinajstić information content (AvgIpc) is 2.74. The fourth-order valence-corrected chi connectivity index (χ4v) is 1.14. The first-order chi connectivity index (χ1) is 7.31. The number of nitrogens with zero attached hydrogens (tertiary/aromatic N) is 6. The number of methoxy groups -OCH3 is 1. The first kappa shape index (κ1) is 9.66. The third kappa shape index (κ3) is 1.96. The van der Waals surface area contributed by atoms with E-state index in [1.165, 1.54) is 11.0 Å². The molecule has 2 heterocycles. The lowest BCUT2D eigenvalue weighted by molar-refractivity contribution is 0.183. The molecule has 0 bridgehead atoms. The predicted molar refractivity (Wildman–Crippen MR) is 50.2 cm³/mol. The molecule has 0 aliphatic carbocycles. The van der Waals surface area contributed by atoms with E-state index in [0.29, 0.717) is 12.6 Å². The van der Waals surface area contributed by atoms with Crippen LogP contribution in [0.2, 0.25) is 0 Å². The quantitative estimate of drug-likeness (QED) is 0.698. The van der Waals surface area contributed by atoms with E-state index in [1.807, 2.05) is 6.92 Å². The Kier molecular flexibility index (Phi) is 2.64. The lowest BCUT2D eigenvalue weighted by Crippen LogP contribution is -2.05. The van der Waals surface area contributed by atoms with Crippen LogP contribution in [-0.4, -0.2) is 37.3 Å². The fraction of sp³-hybridized carbons (Fsp3) is 0.375. The van der Waals surface area contributed by atoms with Crippen molar-refractivity contribution in [3.05, 3.63) is 23.8 Å². The van der Waals surface area contributed by atoms with Gasteiger partial charge >= 0.3 is 0 Å². The van der Waals surface area contributed by atoms with Gasteiger partial charge in [0.2, 0.25) is 0 Å². The van der Waals surface area contributed by atoms with Crippen molar-refractivity contribution in [3.63, 3.8) is 0 Å². The minimum Gasteiger partial charge on any atom is -0.380 e. The largest absolute Gasteiger partial charge is 0.380 e. The normalized spacial score (nSPS) is 10.5. The van der Waals surface area contributed by atoms with Gasteiger partial charge in [-0.05, 0) is 17.4 Å². The zero-order chi connectivity index (χ0) is 10.7. The second-order valence-electron chi connectivity index (χ2n) is 2.97. The molecule has 7 nitrogen and oxygen atoms in total. The third-order valence-corrected chi connectivity index (χ3v) is 1.92. The zero-order valence-electron chi connectivity index (χ0n) is 8.45. The van der Waals surface area contributed by atoms with Crippen molar-refractivity contribution in [3.8, 4) is 5.95 Å². The molecule has 0 unspecified atom stereocenters. The van der Waals surface area contributed by atoms with Crippen LogP contribution >= 0.6 is 0 Å². The monoisotopic (exact) mass is 206 g/mol. The summed E-state index contributed by atoms with van der Waals surface area (Å²) in [6.45, 7) is 2.39. The van der Waals surface area contributed by atoms with E-state index in [0.717, 1.165) is 11.3 Å². The molecule has 0 aromatic carbocycles. The van der Waals surface area contributed by atoms with Crippen LogP contribution < -0.4 is 0 Å². The number of hydrogen-bond acceptors (Lipinski definition) is 6. The van der Waals surface area contributed by atoms with Crippen LogP contribution in [-0.2, 0) is 11.3 Å². The van der Waals surface area contributed by atoms with Crippen LogP contribution in [0.4, 0.5) is 0 Å². The number of ether oxygens (including phenoxy) is 1. The molecular weight excluding hydrogens is 196 g/mol. The number of aromatic nitrogens is 6. The van der Waals surface area contributed by atoms with Gasteiger partial charge in [0, 0.05) is 24.6 Å². The third-order valence-electron chi connectivity index (χ3n) is 1.92. The van der Waals surface area contributed by atoms with Gasteiger partial charge in [0.1, 0.15) is 6.33 Å². The molecule has 7 heteroatoms. The highest BCUT2D eigenvalue weighted by molar-refractivity contribution is 5.19. The van der Waals surface area contributed by atoms with Crippen LogP contribution in [0.3, 0.4) is 0 Å². The van der Waals surface area contributed by atoms with Gasteiger partial charge < -0.3 is 4.74 Å². The van der Waals surface area contributed by atoms with Crippen molar-refractivity contribution in [2.24, 2.45) is 0 Å². The van der Waals surface area contributed by atoms with Gasteiger partial charge in [0.05, 0.1) is 6.61 Å². The second-order valence-corrected chi connectivity index (χ2v) is 2.97. The summed E-state index contributed by atoms with van der Waals surface area (Å²) in [6, 6.07) is 0. The van der Waals surface area contributed by atoms with Gasteiger partial charge in [-0.15, -0.1) is 5.10 Å². The van der Waals surface area contributed by atoms with E-state index in [9.17, 15) is 0 Å². The van der Waals surface area contributed by atoms with Crippen molar-refractivity contribution in [2.75, 3.05) is 7.11 Å². The van der Waals surface area contributed by atoms with Crippen molar-refractivity contribution in [1.29, 1.82) is 0 Å². The molecule has 0 saturated carbocycles. The highest BCUT2D eigenvalue weighted by Crippen LogP contribution is 2.06. The minimum atomic E-state index is 0.456. The molecule has 2 aromatic heterocycles. The summed E-state index contributed by atoms with van der Waals surface area (Å²) in [4.78, 5) is 8.39. The fourth-order valence-electron chi connectivity index (χ4n) is 1.14. The van der Waals surface area contributed by atoms with Gasteiger partial charge in [-0.2, -0.15) is 4.68 Å². The maximum Gasteiger partial charge on any atom is 0.253 e. The Morgan fingerprint density at radius 2 is 2.33 bits per heavy atom. The van der Waals surface area contributed by atoms with Crippen molar-refractivity contribution < 1.29 is 4.74 Å². The van der Waals surface area contributed by atoms with E-state index in [2.05, 4.69) is 25.5 Å². The SMILES string of the molecule is COCc1cnc(-n2cnnn2)nc1C. The number of rotatable bonds is 3. The summed E-state index contributed by atoms with van der Waals surface area (Å²) in [5, 5.41) is 10.7. The molecular formula is C8H10N6O. The molecule has 0 N–H and O–H groups in total. The van der Waals surface area contributed by atoms with Crippen LogP contribution in [0.25, 0.3) is 5.95 Å². The van der Waals surface area contributed by atoms with E-state index in [-0.39, 0.29) is 0 Å². The van der Waals surface area contributed by atoms with Gasteiger partial charge in [-0.25, -0.2) is 9.97 Å². The molecule has 0 aliphatic heterocycles. The Balaban J connectivity index is 2.33. The standard InChI is InChI=1S/C8H10N6O/c1-6-7(4-15-2)3-9-8(11-6)14-5-10-12-13-14/h3,5H,4H2,1-2H3. The molecule has 78 valence electrons. The van der Waals surface area contributed by atoms with E-state index in [1.54, 1.807) is 13.3 Å². The lowest BCUT2D eigenvalue weighted by atomic mass is 10.2. The Morgan fingerprint density at radius 3 is 2.93 bits per heavy atom. The first-order valence-electron chi connectivity index (χ1n) is 4.36. The van der Waals surface area contributed by atoms with Crippen molar-refractivity contribution in [2.45, 2.75) is 13.5 Å². The highest BCUT2D eigenvalue weighted by Gasteiger charge is 2.05. The first-order valence-corrected chi connectivity index (χ1v) is 4.36. The predicted octanol–water partition coefficient (Wildman–Crippen LogP) is -0.0929. The van der Waals surface area contributed by atoms with Gasteiger partial charge in [-0.1, -0.05) is 0 Å². The molecule has 0 amide bonds. The van der Waals surface area contributed by atoms with Gasteiger partial charge in [0.25, 0.3) is 5.95 Å². The maximum atomic E-state index is 5.01. The number of hydrogen-bond donors (Lipinski definition) is 0. The highest BCUT2D eigenvalue weighted by atomic mass is 16.5. The summed E-state index contributed by atoms with van der Waals surface area (Å²) in [5.74, 6) is 0.456. The maximum absolute atomic E-state index is 5.01. The summed E-state index contributed by atoms with van der Waals surface area (Å²) in [5.41, 5.74) is 1.81. The smallest absolute Gasteiger partial charge is 0.253 e. The van der Waals surface area contributed by atoms with Crippen molar-refractivity contribution in [1.82, 2.24) is 30.2 Å². The minimum absolute atomic E-state index is 0.456. The van der Waals surface area contributed by atoms with Gasteiger partial charge in [0.15, 0.2) is 0 Å². The Morgan fingerprint density at radius 1 is 1.47 bits per heavy atom. The zero-order valence-corrected chi connectivity index (χ0v) is 8.45. The lowest BCUT2D eigenvalue weighted by Gasteiger charge is -2.04. The summed E-state index contributed by atoms with van der Waals surface area (Å²) in [6.07, 6.45) is 3.16. The second kappa shape index (κ2) is 4.09. The average molecular weight is 206 g/mol. The van der Waals surface area contributed by atoms with Crippen LogP contribution in [0.15, 0.2) is 12.5 Å². The molecule has 0 atom stereocenters. The molecule has 0 radical (unpaired) electrons. The van der Waals surface area contributed by atoms with Crippen LogP contribution in [0, 0.1) is 6.92 Å². The number of tetrazole rings is 1. The Bertz CT molecular complexity index is 440. The van der Waals surface area contributed by atoms with Gasteiger partial charge in [-0.3, -0.25) is 0 Å². The summed E-state index contributed by atoms with van der Waals surface area (Å²) < 4.78 is 6.42. The van der Waals surface area contributed by atoms with Crippen molar-refractivity contribution >= 4 is 0 Å².